The molecule has 0 aromatic heterocycles. The number of carboxylic acid groups (broad SMARTS) is 1. The van der Waals surface area contributed by atoms with E-state index in [0.717, 1.165) is 5.56 Å². The summed E-state index contributed by atoms with van der Waals surface area (Å²) in [4.78, 5) is 48.4. The minimum atomic E-state index is -1.53. The van der Waals surface area contributed by atoms with Gasteiger partial charge in [-0.3, -0.25) is 14.4 Å². The Kier molecular flexibility index (Phi) is 12.3. The van der Waals surface area contributed by atoms with Gasteiger partial charge < -0.3 is 37.0 Å². The van der Waals surface area contributed by atoms with Gasteiger partial charge in [-0.2, -0.15) is 11.8 Å². The number of carbonyl (C=O) groups excluding carboxylic acids is 3. The SMILES string of the molecule is CSCCC(NC(=O)C(CO)NC(=O)C(N)Cc1ccccc1)C(=O)NC(CO)C(=O)O. The number of hydrogen-bond acceptors (Lipinski definition) is 8. The summed E-state index contributed by atoms with van der Waals surface area (Å²) >= 11 is 1.40. The molecule has 8 N–H and O–H groups in total. The van der Waals surface area contributed by atoms with E-state index in [1.807, 2.05) is 6.07 Å². The number of benzene rings is 1. The van der Waals surface area contributed by atoms with E-state index in [0.29, 0.717) is 5.75 Å². The summed E-state index contributed by atoms with van der Waals surface area (Å²) in [5.74, 6) is -3.25. The number of hydrogen-bond donors (Lipinski definition) is 7. The average molecular weight is 471 g/mol. The average Bonchev–Trinajstić information content (AvgIpc) is 2.78. The first kappa shape index (κ1) is 27.4. The third kappa shape index (κ3) is 9.22. The highest BCUT2D eigenvalue weighted by atomic mass is 32.2. The zero-order chi connectivity index (χ0) is 24.1. The van der Waals surface area contributed by atoms with Gasteiger partial charge in [-0.15, -0.1) is 0 Å². The number of thioether (sulfide) groups is 1. The summed E-state index contributed by atoms with van der Waals surface area (Å²) in [7, 11) is 0. The molecule has 178 valence electrons. The molecule has 4 atom stereocenters. The van der Waals surface area contributed by atoms with Crippen LogP contribution >= 0.6 is 11.8 Å². The maximum atomic E-state index is 12.6. The molecule has 12 heteroatoms. The predicted octanol–water partition coefficient (Wildman–Crippen LogP) is -2.17. The van der Waals surface area contributed by atoms with Crippen LogP contribution in [0, 0.1) is 0 Å². The Bertz CT molecular complexity index is 766. The van der Waals surface area contributed by atoms with Crippen molar-refractivity contribution in [3.8, 4) is 0 Å². The minimum absolute atomic E-state index is 0.163. The van der Waals surface area contributed by atoms with E-state index in [2.05, 4.69) is 16.0 Å². The summed E-state index contributed by atoms with van der Waals surface area (Å²) < 4.78 is 0. The van der Waals surface area contributed by atoms with E-state index in [1.54, 1.807) is 30.5 Å². The molecule has 0 spiro atoms. The van der Waals surface area contributed by atoms with Crippen LogP contribution in [0.15, 0.2) is 30.3 Å². The predicted molar refractivity (Wildman–Crippen MR) is 119 cm³/mol. The Morgan fingerprint density at radius 3 is 1.97 bits per heavy atom. The molecule has 0 heterocycles. The number of carboxylic acids is 1. The van der Waals surface area contributed by atoms with E-state index in [9.17, 15) is 24.3 Å². The van der Waals surface area contributed by atoms with Crippen LogP contribution in [0.3, 0.4) is 0 Å². The smallest absolute Gasteiger partial charge is 0.328 e. The zero-order valence-electron chi connectivity index (χ0n) is 17.7. The molecule has 3 amide bonds. The van der Waals surface area contributed by atoms with E-state index in [1.165, 1.54) is 11.8 Å². The molecule has 0 fully saturated rings. The Balaban J connectivity index is 2.77. The molecule has 4 unspecified atom stereocenters. The summed E-state index contributed by atoms with van der Waals surface area (Å²) in [6, 6.07) is 4.05. The first-order chi connectivity index (χ1) is 15.2. The monoisotopic (exact) mass is 470 g/mol. The van der Waals surface area contributed by atoms with Crippen molar-refractivity contribution < 1.29 is 34.5 Å². The number of nitrogens with two attached hydrogens (primary N) is 1. The van der Waals surface area contributed by atoms with Gasteiger partial charge in [-0.25, -0.2) is 4.79 Å². The molecule has 0 aliphatic carbocycles. The molecule has 11 nitrogen and oxygen atoms in total. The van der Waals surface area contributed by atoms with Crippen LogP contribution in [0.4, 0.5) is 0 Å². The number of aliphatic hydroxyl groups is 2. The van der Waals surface area contributed by atoms with Crippen molar-refractivity contribution in [3.63, 3.8) is 0 Å². The highest BCUT2D eigenvalue weighted by Crippen LogP contribution is 2.04. The van der Waals surface area contributed by atoms with Crippen molar-refractivity contribution in [1.29, 1.82) is 0 Å². The lowest BCUT2D eigenvalue weighted by Crippen LogP contribution is -2.58. The Morgan fingerprint density at radius 2 is 1.44 bits per heavy atom. The third-order valence-electron chi connectivity index (χ3n) is 4.49. The number of carbonyl (C=O) groups is 4. The van der Waals surface area contributed by atoms with Crippen LogP contribution in [-0.2, 0) is 25.6 Å². The molecular formula is C20H30N4O7S. The van der Waals surface area contributed by atoms with Gasteiger partial charge in [0.2, 0.25) is 17.7 Å². The van der Waals surface area contributed by atoms with Gasteiger partial charge in [-0.05, 0) is 30.4 Å². The summed E-state index contributed by atoms with van der Waals surface area (Å²) in [6.45, 7) is -1.56. The summed E-state index contributed by atoms with van der Waals surface area (Å²) in [6.07, 6.45) is 2.18. The fourth-order valence-corrected chi connectivity index (χ4v) is 3.14. The van der Waals surface area contributed by atoms with Gasteiger partial charge in [-0.1, -0.05) is 30.3 Å². The normalized spacial score (nSPS) is 14.5. The Morgan fingerprint density at radius 1 is 0.906 bits per heavy atom. The molecule has 0 aliphatic heterocycles. The van der Waals surface area contributed by atoms with Crippen molar-refractivity contribution in [2.75, 3.05) is 25.2 Å². The van der Waals surface area contributed by atoms with Crippen LogP contribution in [0.25, 0.3) is 0 Å². The lowest BCUT2D eigenvalue weighted by Gasteiger charge is -2.24. The van der Waals surface area contributed by atoms with Crippen molar-refractivity contribution in [2.45, 2.75) is 37.0 Å². The van der Waals surface area contributed by atoms with Gasteiger partial charge in [0.25, 0.3) is 0 Å². The Labute approximate surface area is 190 Å². The second-order valence-corrected chi connectivity index (χ2v) is 7.95. The largest absolute Gasteiger partial charge is 0.480 e. The van der Waals surface area contributed by atoms with Gasteiger partial charge in [0, 0.05) is 0 Å². The first-order valence-electron chi connectivity index (χ1n) is 9.87. The number of rotatable bonds is 14. The van der Waals surface area contributed by atoms with Gasteiger partial charge in [0.1, 0.15) is 18.1 Å². The molecule has 0 bridgehead atoms. The molecule has 1 rings (SSSR count). The van der Waals surface area contributed by atoms with Crippen LogP contribution < -0.4 is 21.7 Å². The zero-order valence-corrected chi connectivity index (χ0v) is 18.5. The molecule has 0 aliphatic rings. The fourth-order valence-electron chi connectivity index (χ4n) is 2.67. The molecule has 0 saturated carbocycles. The summed E-state index contributed by atoms with van der Waals surface area (Å²) in [5.41, 5.74) is 6.72. The van der Waals surface area contributed by atoms with Crippen LogP contribution in [-0.4, -0.2) is 88.4 Å². The van der Waals surface area contributed by atoms with Crippen molar-refractivity contribution in [2.24, 2.45) is 5.73 Å². The van der Waals surface area contributed by atoms with Gasteiger partial charge in [0.05, 0.1) is 19.3 Å². The topological polar surface area (TPSA) is 191 Å². The number of amides is 3. The molecule has 1 aromatic carbocycles. The highest BCUT2D eigenvalue weighted by Gasteiger charge is 2.29. The van der Waals surface area contributed by atoms with Crippen molar-refractivity contribution >= 4 is 35.5 Å². The lowest BCUT2D eigenvalue weighted by molar-refractivity contribution is -0.143. The van der Waals surface area contributed by atoms with Crippen LogP contribution in [0.5, 0.6) is 0 Å². The van der Waals surface area contributed by atoms with Crippen molar-refractivity contribution in [1.82, 2.24) is 16.0 Å². The fraction of sp³-hybridized carbons (Fsp3) is 0.500. The molecule has 0 saturated heterocycles. The second kappa shape index (κ2) is 14.4. The van der Waals surface area contributed by atoms with Crippen molar-refractivity contribution in [3.05, 3.63) is 35.9 Å². The summed E-state index contributed by atoms with van der Waals surface area (Å²) in [5, 5.41) is 34.6. The number of aliphatic carboxylic acids is 1. The van der Waals surface area contributed by atoms with E-state index in [4.69, 9.17) is 15.9 Å². The highest BCUT2D eigenvalue weighted by molar-refractivity contribution is 7.98. The number of aliphatic hydroxyl groups excluding tert-OH is 2. The number of nitrogens with one attached hydrogen (secondary N) is 3. The molecule has 32 heavy (non-hydrogen) atoms. The van der Waals surface area contributed by atoms with Gasteiger partial charge in [0.15, 0.2) is 0 Å². The molecule has 1 aromatic rings. The third-order valence-corrected chi connectivity index (χ3v) is 5.14. The minimum Gasteiger partial charge on any atom is -0.480 e. The van der Waals surface area contributed by atoms with E-state index in [-0.39, 0.29) is 12.8 Å². The van der Waals surface area contributed by atoms with Crippen LogP contribution in [0.2, 0.25) is 0 Å². The van der Waals surface area contributed by atoms with E-state index >= 15 is 0 Å². The quantitative estimate of drug-likeness (QED) is 0.159. The molecular weight excluding hydrogens is 440 g/mol. The van der Waals surface area contributed by atoms with Crippen LogP contribution in [0.1, 0.15) is 12.0 Å². The van der Waals surface area contributed by atoms with Gasteiger partial charge >= 0.3 is 5.97 Å². The Hall–Kier alpha value is -2.67. The first-order valence-corrected chi connectivity index (χ1v) is 11.3. The lowest BCUT2D eigenvalue weighted by atomic mass is 10.1. The second-order valence-electron chi connectivity index (χ2n) is 6.96. The maximum Gasteiger partial charge on any atom is 0.328 e. The molecule has 0 radical (unpaired) electrons. The standard InChI is InChI=1S/C20H30N4O7S/c1-32-8-7-14(18(28)24-16(11-26)20(30)31)22-19(29)15(10-25)23-17(27)13(21)9-12-5-3-2-4-6-12/h2-6,13-16,25-26H,7-11,21H2,1H3,(H,22,29)(H,23,27)(H,24,28)(H,30,31). The van der Waals surface area contributed by atoms with E-state index < -0.39 is 61.1 Å². The maximum absolute atomic E-state index is 12.6.